The van der Waals surface area contributed by atoms with Crippen molar-refractivity contribution in [3.63, 3.8) is 0 Å². The highest BCUT2D eigenvalue weighted by Crippen LogP contribution is 2.42. The molecule has 0 radical (unpaired) electrons. The van der Waals surface area contributed by atoms with Gasteiger partial charge in [0.05, 0.1) is 17.9 Å². The van der Waals surface area contributed by atoms with Gasteiger partial charge in [-0.05, 0) is 65.1 Å². The van der Waals surface area contributed by atoms with Gasteiger partial charge in [-0.1, -0.05) is 13.8 Å². The number of imidazole rings is 1. The molecule has 3 heterocycles. The van der Waals surface area contributed by atoms with Crippen molar-refractivity contribution >= 4 is 17.8 Å². The van der Waals surface area contributed by atoms with E-state index < -0.39 is 0 Å². The van der Waals surface area contributed by atoms with Gasteiger partial charge in [0, 0.05) is 50.5 Å². The highest BCUT2D eigenvalue weighted by Gasteiger charge is 2.27. The minimum absolute atomic E-state index is 0.318. The Hall–Kier alpha value is -2.78. The molecule has 196 valence electrons. The monoisotopic (exact) mass is 487 g/mol. The van der Waals surface area contributed by atoms with Crippen LogP contribution in [0.1, 0.15) is 71.6 Å². The maximum Gasteiger partial charge on any atom is 0.293 e. The van der Waals surface area contributed by atoms with E-state index in [1.165, 1.54) is 24.1 Å². The summed E-state index contributed by atoms with van der Waals surface area (Å²) in [6.07, 6.45) is 8.67. The molecule has 4 N–H and O–H groups in total. The molecule has 1 saturated heterocycles. The van der Waals surface area contributed by atoms with Crippen molar-refractivity contribution in [3.05, 3.63) is 41.6 Å². The first kappa shape index (κ1) is 28.5. The van der Waals surface area contributed by atoms with Gasteiger partial charge in [0.2, 0.25) is 0 Å². The second-order valence-electron chi connectivity index (χ2n) is 10.1. The van der Waals surface area contributed by atoms with Crippen molar-refractivity contribution < 1.29 is 9.53 Å². The van der Waals surface area contributed by atoms with E-state index in [0.717, 1.165) is 37.5 Å². The minimum Gasteiger partial charge on any atom is -0.462 e. The summed E-state index contributed by atoms with van der Waals surface area (Å²) in [5.41, 5.74) is 10.7. The molecule has 4 rings (SSSR count). The Balaban J connectivity index is 0.000000416. The second kappa shape index (κ2) is 12.8. The lowest BCUT2D eigenvalue weighted by Crippen LogP contribution is -2.44. The van der Waals surface area contributed by atoms with Gasteiger partial charge < -0.3 is 29.7 Å². The molecule has 2 aromatic rings. The molecule has 2 fully saturated rings. The van der Waals surface area contributed by atoms with Crippen molar-refractivity contribution in [1.82, 2.24) is 19.3 Å². The molecule has 0 bridgehead atoms. The zero-order valence-corrected chi connectivity index (χ0v) is 22.6. The Morgan fingerprint density at radius 3 is 2.31 bits per heavy atom. The van der Waals surface area contributed by atoms with Crippen LogP contribution in [0.4, 0.5) is 5.69 Å². The van der Waals surface area contributed by atoms with Crippen LogP contribution in [0.3, 0.4) is 0 Å². The number of aromatic nitrogens is 2. The van der Waals surface area contributed by atoms with E-state index in [0.29, 0.717) is 24.6 Å². The molecule has 1 aliphatic heterocycles. The smallest absolute Gasteiger partial charge is 0.293 e. The summed E-state index contributed by atoms with van der Waals surface area (Å²) in [4.78, 5) is 19.3. The molecule has 9 nitrogen and oxygen atoms in total. The summed E-state index contributed by atoms with van der Waals surface area (Å²) in [5, 5.41) is 1.59. The standard InChI is InChI=1S/C19H29N7.C5H10O2.C2H6/c1-14(20)10-26(21)13-17-12-25-11-16(15-3-4-15)9-18(19(25)22-17)24-7-5-23(2)6-8-24;1-5(2,3)7-4-6;1-2/h9-12,15H,3-8,13,20-21H2,1-2H3;4H,1-3H3;1-2H3/b14-10-;;. The first-order valence-electron chi connectivity index (χ1n) is 12.6. The Kier molecular flexibility index (Phi) is 10.4. The number of likely N-dealkylation sites (N-methyl/N-ethyl adjacent to an activating group) is 1. The summed E-state index contributed by atoms with van der Waals surface area (Å²) in [7, 11) is 2.18. The lowest BCUT2D eigenvalue weighted by atomic mass is 10.1. The van der Waals surface area contributed by atoms with E-state index in [2.05, 4.69) is 44.4 Å². The lowest BCUT2D eigenvalue weighted by Gasteiger charge is -2.34. The van der Waals surface area contributed by atoms with Crippen LogP contribution in [0, 0.1) is 0 Å². The molecule has 0 spiro atoms. The zero-order chi connectivity index (χ0) is 26.2. The van der Waals surface area contributed by atoms with Crippen LogP contribution in [0.5, 0.6) is 0 Å². The fourth-order valence-corrected chi connectivity index (χ4v) is 3.79. The van der Waals surface area contributed by atoms with Crippen LogP contribution in [0.15, 0.2) is 30.4 Å². The van der Waals surface area contributed by atoms with Gasteiger partial charge in [0.25, 0.3) is 6.47 Å². The van der Waals surface area contributed by atoms with Crippen LogP contribution >= 0.6 is 0 Å². The van der Waals surface area contributed by atoms with Crippen LogP contribution in [-0.4, -0.2) is 64.6 Å². The number of fused-ring (bicyclic) bond motifs is 1. The maximum atomic E-state index is 9.60. The predicted molar refractivity (Wildman–Crippen MR) is 143 cm³/mol. The normalized spacial score (nSPS) is 16.7. The van der Waals surface area contributed by atoms with E-state index >= 15 is 0 Å². The second-order valence-corrected chi connectivity index (χ2v) is 10.1. The quantitative estimate of drug-likeness (QED) is 0.363. The third kappa shape index (κ3) is 9.07. The molecule has 0 aromatic carbocycles. The number of hydrazine groups is 1. The van der Waals surface area contributed by atoms with E-state index in [9.17, 15) is 4.79 Å². The Labute approximate surface area is 210 Å². The molecule has 0 atom stereocenters. The SMILES string of the molecule is C/C(N)=C/N(N)Cc1cn2cc(C3CC3)cc(N3CCN(C)CC3)c2n1.CC.CC(C)(C)OC=O. The van der Waals surface area contributed by atoms with E-state index in [4.69, 9.17) is 16.6 Å². The van der Waals surface area contributed by atoms with Crippen molar-refractivity contribution in [2.24, 2.45) is 11.6 Å². The number of nitrogens with zero attached hydrogens (tertiary/aromatic N) is 5. The summed E-state index contributed by atoms with van der Waals surface area (Å²) >= 11 is 0. The van der Waals surface area contributed by atoms with Crippen molar-refractivity contribution in [2.75, 3.05) is 38.1 Å². The van der Waals surface area contributed by atoms with Gasteiger partial charge >= 0.3 is 0 Å². The molecular weight excluding hydrogens is 442 g/mol. The molecular formula is C26H45N7O2. The summed E-state index contributed by atoms with van der Waals surface area (Å²) in [6.45, 7) is 16.6. The largest absolute Gasteiger partial charge is 0.462 e. The predicted octanol–water partition coefficient (Wildman–Crippen LogP) is 3.44. The summed E-state index contributed by atoms with van der Waals surface area (Å²) < 4.78 is 6.73. The number of rotatable bonds is 6. The summed E-state index contributed by atoms with van der Waals surface area (Å²) in [5.74, 6) is 6.74. The van der Waals surface area contributed by atoms with Crippen LogP contribution in [0.2, 0.25) is 0 Å². The van der Waals surface area contributed by atoms with Gasteiger partial charge in [-0.15, -0.1) is 0 Å². The van der Waals surface area contributed by atoms with Crippen molar-refractivity contribution in [1.29, 1.82) is 0 Å². The van der Waals surface area contributed by atoms with Crippen molar-refractivity contribution in [3.8, 4) is 0 Å². The number of anilines is 1. The first-order valence-corrected chi connectivity index (χ1v) is 12.6. The van der Waals surface area contributed by atoms with Crippen LogP contribution < -0.4 is 16.5 Å². The zero-order valence-electron chi connectivity index (χ0n) is 22.6. The number of allylic oxidation sites excluding steroid dienone is 1. The molecule has 9 heteroatoms. The topological polar surface area (TPSA) is 105 Å². The number of piperazine rings is 1. The van der Waals surface area contributed by atoms with Crippen molar-refractivity contribution in [2.45, 2.75) is 72.4 Å². The highest BCUT2D eigenvalue weighted by atomic mass is 16.5. The third-order valence-corrected chi connectivity index (χ3v) is 5.61. The Morgan fingerprint density at radius 2 is 1.83 bits per heavy atom. The van der Waals surface area contributed by atoms with Gasteiger partial charge in [-0.25, -0.2) is 10.8 Å². The van der Waals surface area contributed by atoms with E-state index in [1.807, 2.05) is 41.5 Å². The highest BCUT2D eigenvalue weighted by molar-refractivity contribution is 5.71. The molecule has 2 aromatic heterocycles. The average Bonchev–Trinajstić information content (AvgIpc) is 3.54. The molecule has 2 aliphatic rings. The number of nitrogens with two attached hydrogens (primary N) is 2. The molecule has 0 unspecified atom stereocenters. The molecule has 1 aliphatic carbocycles. The first-order chi connectivity index (χ1) is 16.6. The fraction of sp³-hybridized carbons (Fsp3) is 0.615. The van der Waals surface area contributed by atoms with Gasteiger partial charge in [0.1, 0.15) is 5.60 Å². The van der Waals surface area contributed by atoms with Crippen LogP contribution in [-0.2, 0) is 16.1 Å². The lowest BCUT2D eigenvalue weighted by molar-refractivity contribution is -0.138. The van der Waals surface area contributed by atoms with E-state index in [1.54, 1.807) is 11.2 Å². The minimum atomic E-state index is -0.318. The number of pyridine rings is 1. The average molecular weight is 488 g/mol. The fourth-order valence-electron chi connectivity index (χ4n) is 3.79. The summed E-state index contributed by atoms with van der Waals surface area (Å²) in [6, 6.07) is 2.36. The number of hydrogen-bond donors (Lipinski definition) is 2. The number of carbonyl (C=O) groups excluding carboxylic acids is 1. The van der Waals surface area contributed by atoms with Gasteiger partial charge in [-0.3, -0.25) is 4.79 Å². The number of hydrogen-bond acceptors (Lipinski definition) is 8. The molecule has 0 amide bonds. The molecule has 35 heavy (non-hydrogen) atoms. The Bertz CT molecular complexity index is 964. The van der Waals surface area contributed by atoms with E-state index in [-0.39, 0.29) is 5.60 Å². The van der Waals surface area contributed by atoms with Crippen LogP contribution in [0.25, 0.3) is 5.65 Å². The van der Waals surface area contributed by atoms with Gasteiger partial charge in [0.15, 0.2) is 5.65 Å². The third-order valence-electron chi connectivity index (χ3n) is 5.61. The molecule has 1 saturated carbocycles. The number of ether oxygens (including phenoxy) is 1. The maximum absolute atomic E-state index is 9.60. The number of carbonyl (C=O) groups is 1. The van der Waals surface area contributed by atoms with Gasteiger partial charge in [-0.2, -0.15) is 0 Å². The Morgan fingerprint density at radius 1 is 1.20 bits per heavy atom.